The molecule has 1 amide bonds. The van der Waals surface area contributed by atoms with Gasteiger partial charge < -0.3 is 5.32 Å². The minimum absolute atomic E-state index is 0.00111. The molecule has 7 heteroatoms. The highest BCUT2D eigenvalue weighted by atomic mass is 32.2. The number of rotatable bonds is 5. The number of amides is 1. The second-order valence-corrected chi connectivity index (χ2v) is 10.2. The molecule has 2 heterocycles. The molecule has 0 aliphatic heterocycles. The molecule has 5 nitrogen and oxygen atoms in total. The third-order valence-corrected chi connectivity index (χ3v) is 7.96. The number of thiophene rings is 1. The Morgan fingerprint density at radius 1 is 1.23 bits per heavy atom. The van der Waals surface area contributed by atoms with Gasteiger partial charge in [-0.15, -0.1) is 11.3 Å². The van der Waals surface area contributed by atoms with E-state index in [4.69, 9.17) is 4.98 Å². The monoisotopic (exact) mass is 439 g/mol. The van der Waals surface area contributed by atoms with Crippen LogP contribution in [0.25, 0.3) is 15.9 Å². The van der Waals surface area contributed by atoms with Crippen molar-refractivity contribution in [2.24, 2.45) is 0 Å². The van der Waals surface area contributed by atoms with Crippen molar-refractivity contribution in [3.05, 3.63) is 50.6 Å². The van der Waals surface area contributed by atoms with Crippen LogP contribution in [0.3, 0.4) is 0 Å². The van der Waals surface area contributed by atoms with Gasteiger partial charge in [0.05, 0.1) is 16.8 Å². The third kappa shape index (κ3) is 3.81. The molecule has 0 saturated heterocycles. The van der Waals surface area contributed by atoms with Crippen molar-refractivity contribution in [1.29, 1.82) is 0 Å². The Morgan fingerprint density at radius 3 is 2.83 bits per heavy atom. The molecule has 1 aromatic carbocycles. The molecule has 0 radical (unpaired) electrons. The number of benzene rings is 1. The molecule has 1 saturated carbocycles. The average Bonchev–Trinajstić information content (AvgIpc) is 3.51. The highest BCUT2D eigenvalue weighted by Crippen LogP contribution is 2.35. The van der Waals surface area contributed by atoms with E-state index in [1.165, 1.54) is 35.0 Å². The number of hydrogen-bond donors (Lipinski definition) is 1. The molecular formula is C23H25N3O2S2. The number of fused-ring (bicyclic) bond motifs is 3. The van der Waals surface area contributed by atoms with Crippen molar-refractivity contribution in [3.8, 4) is 5.69 Å². The Hall–Kier alpha value is -2.12. The molecule has 1 fully saturated rings. The molecule has 2 aliphatic carbocycles. The maximum atomic E-state index is 13.8. The van der Waals surface area contributed by atoms with E-state index in [0.717, 1.165) is 53.6 Å². The van der Waals surface area contributed by atoms with Crippen LogP contribution in [0, 0.1) is 6.92 Å². The van der Waals surface area contributed by atoms with Crippen LogP contribution in [0.4, 0.5) is 0 Å². The van der Waals surface area contributed by atoms with Crippen molar-refractivity contribution in [2.75, 3.05) is 5.75 Å². The number of thioether (sulfide) groups is 1. The van der Waals surface area contributed by atoms with Gasteiger partial charge in [-0.1, -0.05) is 36.4 Å². The van der Waals surface area contributed by atoms with E-state index in [9.17, 15) is 9.59 Å². The van der Waals surface area contributed by atoms with Crippen molar-refractivity contribution in [3.63, 3.8) is 0 Å². The summed E-state index contributed by atoms with van der Waals surface area (Å²) in [5.74, 6) is 0.279. The molecule has 0 unspecified atom stereocenters. The average molecular weight is 440 g/mol. The third-order valence-electron chi connectivity index (χ3n) is 5.84. The number of aromatic nitrogens is 2. The van der Waals surface area contributed by atoms with Crippen LogP contribution in [-0.2, 0) is 17.6 Å². The Labute approximate surface area is 183 Å². The standard InChI is InChI=1S/C23H25N3O2S2/c1-14-7-5-6-9-17(14)26-22(28)20-16-8-3-2-4-10-18(16)30-21(20)25-23(26)29-13-19(27)24-15-11-12-15/h5-7,9,15H,2-4,8,10-13H2,1H3,(H,24,27). The maximum Gasteiger partial charge on any atom is 0.267 e. The van der Waals surface area contributed by atoms with E-state index < -0.39 is 0 Å². The Kier molecular flexibility index (Phi) is 5.41. The minimum atomic E-state index is -0.00111. The number of nitrogens with one attached hydrogen (secondary N) is 1. The molecule has 30 heavy (non-hydrogen) atoms. The van der Waals surface area contributed by atoms with Crippen LogP contribution >= 0.6 is 23.1 Å². The van der Waals surface area contributed by atoms with Crippen molar-refractivity contribution < 1.29 is 4.79 Å². The SMILES string of the molecule is Cc1ccccc1-n1c(SCC(=O)NC2CC2)nc2sc3c(c2c1=O)CCCCC3. The van der Waals surface area contributed by atoms with Crippen LogP contribution < -0.4 is 10.9 Å². The first-order valence-corrected chi connectivity index (χ1v) is 12.5. The number of para-hydroxylation sites is 1. The summed E-state index contributed by atoms with van der Waals surface area (Å²) in [6, 6.07) is 8.22. The summed E-state index contributed by atoms with van der Waals surface area (Å²) in [4.78, 5) is 33.1. The second-order valence-electron chi connectivity index (χ2n) is 8.20. The van der Waals surface area contributed by atoms with Gasteiger partial charge in [0.2, 0.25) is 5.91 Å². The molecule has 3 aromatic rings. The van der Waals surface area contributed by atoms with Gasteiger partial charge in [-0.2, -0.15) is 0 Å². The Morgan fingerprint density at radius 2 is 2.03 bits per heavy atom. The van der Waals surface area contributed by atoms with Crippen LogP contribution in [0.1, 0.15) is 48.1 Å². The number of carbonyl (C=O) groups excluding carboxylic acids is 1. The zero-order valence-electron chi connectivity index (χ0n) is 17.1. The molecule has 0 bridgehead atoms. The van der Waals surface area contributed by atoms with Crippen LogP contribution in [0.2, 0.25) is 0 Å². The maximum absolute atomic E-state index is 13.8. The Balaban J connectivity index is 1.63. The zero-order valence-corrected chi connectivity index (χ0v) is 18.7. The number of nitrogens with zero attached hydrogens (tertiary/aromatic N) is 2. The lowest BCUT2D eigenvalue weighted by Crippen LogP contribution is -2.28. The van der Waals surface area contributed by atoms with E-state index in [-0.39, 0.29) is 17.2 Å². The second kappa shape index (κ2) is 8.19. The summed E-state index contributed by atoms with van der Waals surface area (Å²) in [5, 5.41) is 4.41. The Bertz CT molecular complexity index is 1180. The predicted molar refractivity (Wildman–Crippen MR) is 123 cm³/mol. The van der Waals surface area contributed by atoms with Gasteiger partial charge in [0.1, 0.15) is 4.83 Å². The fourth-order valence-electron chi connectivity index (χ4n) is 4.11. The first-order chi connectivity index (χ1) is 14.6. The normalized spacial score (nSPS) is 16.3. The smallest absolute Gasteiger partial charge is 0.267 e. The zero-order chi connectivity index (χ0) is 20.7. The van der Waals surface area contributed by atoms with Gasteiger partial charge in [-0.3, -0.25) is 14.2 Å². The van der Waals surface area contributed by atoms with Crippen LogP contribution in [-0.4, -0.2) is 27.3 Å². The van der Waals surface area contributed by atoms with Gasteiger partial charge in [0.15, 0.2) is 5.16 Å². The van der Waals surface area contributed by atoms with Gasteiger partial charge >= 0.3 is 0 Å². The van der Waals surface area contributed by atoms with Crippen molar-refractivity contribution in [2.45, 2.75) is 63.1 Å². The van der Waals surface area contributed by atoms with Crippen LogP contribution in [0.15, 0.2) is 34.2 Å². The van der Waals surface area contributed by atoms with E-state index in [1.54, 1.807) is 15.9 Å². The van der Waals surface area contributed by atoms with Crippen molar-refractivity contribution >= 4 is 39.2 Å². The van der Waals surface area contributed by atoms with Gasteiger partial charge in [-0.25, -0.2) is 4.98 Å². The molecular weight excluding hydrogens is 414 g/mol. The molecule has 5 rings (SSSR count). The molecule has 0 spiro atoms. The lowest BCUT2D eigenvalue weighted by Gasteiger charge is -2.14. The van der Waals surface area contributed by atoms with E-state index in [1.807, 2.05) is 31.2 Å². The minimum Gasteiger partial charge on any atom is -0.353 e. The quantitative estimate of drug-likeness (QED) is 0.364. The van der Waals surface area contributed by atoms with Gasteiger partial charge in [0.25, 0.3) is 5.56 Å². The number of aryl methyl sites for hydroxylation is 3. The molecule has 156 valence electrons. The summed E-state index contributed by atoms with van der Waals surface area (Å²) < 4.78 is 1.73. The largest absolute Gasteiger partial charge is 0.353 e. The molecule has 0 atom stereocenters. The van der Waals surface area contributed by atoms with Crippen LogP contribution in [0.5, 0.6) is 0 Å². The van der Waals surface area contributed by atoms with Crippen molar-refractivity contribution in [1.82, 2.24) is 14.9 Å². The summed E-state index contributed by atoms with van der Waals surface area (Å²) in [7, 11) is 0. The van der Waals surface area contributed by atoms with Gasteiger partial charge in [0, 0.05) is 10.9 Å². The topological polar surface area (TPSA) is 64.0 Å². The lowest BCUT2D eigenvalue weighted by molar-refractivity contribution is -0.118. The van der Waals surface area contributed by atoms with E-state index in [0.29, 0.717) is 11.2 Å². The van der Waals surface area contributed by atoms with E-state index in [2.05, 4.69) is 5.32 Å². The fourth-order valence-corrected chi connectivity index (χ4v) is 6.23. The predicted octanol–water partition coefficient (Wildman–Crippen LogP) is 4.40. The van der Waals surface area contributed by atoms with E-state index >= 15 is 0 Å². The molecule has 2 aromatic heterocycles. The lowest BCUT2D eigenvalue weighted by atomic mass is 10.1. The number of hydrogen-bond acceptors (Lipinski definition) is 5. The summed E-state index contributed by atoms with van der Waals surface area (Å²) in [5.41, 5.74) is 3.07. The first kappa shape index (κ1) is 19.8. The highest BCUT2D eigenvalue weighted by Gasteiger charge is 2.25. The summed E-state index contributed by atoms with van der Waals surface area (Å²) >= 11 is 3.02. The number of carbonyl (C=O) groups is 1. The summed E-state index contributed by atoms with van der Waals surface area (Å²) in [6.07, 6.45) is 7.63. The fraction of sp³-hybridized carbons (Fsp3) is 0.435. The molecule has 2 aliphatic rings. The highest BCUT2D eigenvalue weighted by molar-refractivity contribution is 7.99. The van der Waals surface area contributed by atoms with Gasteiger partial charge in [-0.05, 0) is 62.6 Å². The molecule has 1 N–H and O–H groups in total. The summed E-state index contributed by atoms with van der Waals surface area (Å²) in [6.45, 7) is 2.01. The first-order valence-electron chi connectivity index (χ1n) is 10.7.